The number of piperidine rings is 1. The highest BCUT2D eigenvalue weighted by Gasteiger charge is 2.34. The van der Waals surface area contributed by atoms with Crippen LogP contribution in [0.1, 0.15) is 24.1 Å². The number of amides is 1. The summed E-state index contributed by atoms with van der Waals surface area (Å²) in [5.41, 5.74) is 4.51. The second-order valence-corrected chi connectivity index (χ2v) is 8.07. The third-order valence-corrected chi connectivity index (χ3v) is 5.80. The van der Waals surface area contributed by atoms with Gasteiger partial charge in [0, 0.05) is 12.7 Å². The molecular weight excluding hydrogens is 421 g/mol. The molecule has 7 nitrogen and oxygen atoms in total. The van der Waals surface area contributed by atoms with Gasteiger partial charge < -0.3 is 9.30 Å². The van der Waals surface area contributed by atoms with E-state index in [4.69, 9.17) is 4.74 Å². The smallest absolute Gasteiger partial charge is 0.267 e. The number of nitrogens with zero attached hydrogens (tertiary/aromatic N) is 5. The number of fused-ring (bicyclic) bond motifs is 1. The average molecular weight is 445 g/mol. The van der Waals surface area contributed by atoms with Crippen LogP contribution in [0, 0.1) is 12.7 Å². The van der Waals surface area contributed by atoms with Crippen LogP contribution in [-0.4, -0.2) is 46.5 Å². The van der Waals surface area contributed by atoms with Gasteiger partial charge in [-0.05, 0) is 73.4 Å². The first-order valence-corrected chi connectivity index (χ1v) is 10.8. The predicted molar refractivity (Wildman–Crippen MR) is 125 cm³/mol. The molecule has 2 aromatic carbocycles. The Hall–Kier alpha value is -3.94. The van der Waals surface area contributed by atoms with Gasteiger partial charge in [0.2, 0.25) is 0 Å². The number of carbonyl (C=O) groups excluding carboxylic acids is 1. The Morgan fingerprint density at radius 1 is 1.15 bits per heavy atom. The molecule has 0 saturated carbocycles. The first kappa shape index (κ1) is 20.9. The van der Waals surface area contributed by atoms with Gasteiger partial charge in [0.1, 0.15) is 23.9 Å². The number of amidine groups is 1. The van der Waals surface area contributed by atoms with Crippen molar-refractivity contribution in [2.45, 2.75) is 19.8 Å². The summed E-state index contributed by atoms with van der Waals surface area (Å²) in [6.07, 6.45) is 7.54. The predicted octanol–water partition coefficient (Wildman–Crippen LogP) is 4.17. The van der Waals surface area contributed by atoms with E-state index in [1.165, 1.54) is 12.1 Å². The molecule has 5 rings (SSSR count). The molecule has 0 atom stereocenters. The lowest BCUT2D eigenvalue weighted by Crippen LogP contribution is -2.56. The minimum absolute atomic E-state index is 0.0583. The lowest BCUT2D eigenvalue weighted by Gasteiger charge is -2.42. The number of aliphatic imine (C=N–C) groups is 1. The Morgan fingerprint density at radius 2 is 1.97 bits per heavy atom. The van der Waals surface area contributed by atoms with E-state index < -0.39 is 0 Å². The third kappa shape index (κ3) is 4.00. The number of halogens is 1. The summed E-state index contributed by atoms with van der Waals surface area (Å²) in [6.45, 7) is 2.67. The number of hydrogen-bond acceptors (Lipinski definition) is 5. The molecular formula is C25H24FN5O2. The quantitative estimate of drug-likeness (QED) is 0.605. The van der Waals surface area contributed by atoms with Crippen molar-refractivity contribution >= 4 is 23.5 Å². The minimum atomic E-state index is -0.334. The van der Waals surface area contributed by atoms with Gasteiger partial charge in [0.05, 0.1) is 30.5 Å². The van der Waals surface area contributed by atoms with Gasteiger partial charge in [0.25, 0.3) is 5.91 Å². The van der Waals surface area contributed by atoms with Gasteiger partial charge >= 0.3 is 0 Å². The van der Waals surface area contributed by atoms with Crippen LogP contribution in [-0.2, 0) is 4.79 Å². The molecule has 2 aliphatic heterocycles. The van der Waals surface area contributed by atoms with Crippen molar-refractivity contribution in [1.29, 1.82) is 0 Å². The average Bonchev–Trinajstić information content (AvgIpc) is 3.26. The zero-order valence-corrected chi connectivity index (χ0v) is 18.5. The van der Waals surface area contributed by atoms with Gasteiger partial charge in [-0.15, -0.1) is 0 Å². The lowest BCUT2D eigenvalue weighted by molar-refractivity contribution is -0.119. The Morgan fingerprint density at radius 3 is 2.70 bits per heavy atom. The fourth-order valence-corrected chi connectivity index (χ4v) is 4.28. The maximum absolute atomic E-state index is 13.4. The van der Waals surface area contributed by atoms with Gasteiger partial charge in [-0.25, -0.2) is 14.4 Å². The molecule has 3 heterocycles. The topological polar surface area (TPSA) is 63.0 Å². The van der Waals surface area contributed by atoms with E-state index in [0.717, 1.165) is 46.9 Å². The molecule has 1 amide bonds. The van der Waals surface area contributed by atoms with E-state index in [1.807, 2.05) is 40.9 Å². The zero-order chi connectivity index (χ0) is 22.9. The molecule has 8 heteroatoms. The number of imidazole rings is 1. The summed E-state index contributed by atoms with van der Waals surface area (Å²) in [6, 6.07) is 12.0. The number of benzene rings is 2. The van der Waals surface area contributed by atoms with Crippen molar-refractivity contribution in [3.05, 3.63) is 77.6 Å². The second-order valence-electron chi connectivity index (χ2n) is 8.07. The Bertz CT molecular complexity index is 1260. The fraction of sp³-hybridized carbons (Fsp3) is 0.240. The molecule has 0 unspecified atom stereocenters. The molecule has 1 saturated heterocycles. The summed E-state index contributed by atoms with van der Waals surface area (Å²) in [4.78, 5) is 21.6. The van der Waals surface area contributed by atoms with Gasteiger partial charge in [-0.2, -0.15) is 0 Å². The van der Waals surface area contributed by atoms with Gasteiger partial charge in [-0.3, -0.25) is 14.8 Å². The Kier molecular flexibility index (Phi) is 5.42. The van der Waals surface area contributed by atoms with Crippen molar-refractivity contribution in [1.82, 2.24) is 14.6 Å². The molecule has 1 aromatic heterocycles. The van der Waals surface area contributed by atoms with E-state index in [0.29, 0.717) is 12.2 Å². The van der Waals surface area contributed by atoms with E-state index in [-0.39, 0.29) is 18.3 Å². The SMILES string of the molecule is COc1cc(/C=C2\CCCN3C2=NCC(=O)N3c2ccc(F)cc2)ccc1-n1cnc(C)c1. The van der Waals surface area contributed by atoms with Crippen LogP contribution >= 0.6 is 0 Å². The number of hydrazine groups is 1. The minimum Gasteiger partial charge on any atom is -0.495 e. The summed E-state index contributed by atoms with van der Waals surface area (Å²) < 4.78 is 21.0. The van der Waals surface area contributed by atoms with Gasteiger partial charge in [0.15, 0.2) is 0 Å². The normalized spacial score (nSPS) is 17.2. The number of ether oxygens (including phenoxy) is 1. The van der Waals surface area contributed by atoms with Crippen LogP contribution in [0.15, 0.2) is 65.6 Å². The maximum atomic E-state index is 13.4. The fourth-order valence-electron chi connectivity index (χ4n) is 4.28. The van der Waals surface area contributed by atoms with E-state index in [1.54, 1.807) is 30.6 Å². The van der Waals surface area contributed by atoms with Crippen LogP contribution in [0.4, 0.5) is 10.1 Å². The van der Waals surface area contributed by atoms with E-state index in [9.17, 15) is 9.18 Å². The Labute approximate surface area is 191 Å². The highest BCUT2D eigenvalue weighted by molar-refractivity contribution is 6.10. The highest BCUT2D eigenvalue weighted by atomic mass is 19.1. The molecule has 33 heavy (non-hydrogen) atoms. The van der Waals surface area contributed by atoms with Crippen molar-refractivity contribution in [2.24, 2.45) is 4.99 Å². The number of rotatable bonds is 4. The number of methoxy groups -OCH3 is 1. The number of carbonyl (C=O) groups is 1. The van der Waals surface area contributed by atoms with Crippen molar-refractivity contribution in [3.8, 4) is 11.4 Å². The second kappa shape index (κ2) is 8.54. The van der Waals surface area contributed by atoms with Crippen molar-refractivity contribution in [2.75, 3.05) is 25.2 Å². The number of anilines is 1. The van der Waals surface area contributed by atoms with Crippen molar-refractivity contribution in [3.63, 3.8) is 0 Å². The molecule has 0 bridgehead atoms. The molecule has 2 aliphatic rings. The molecule has 0 N–H and O–H groups in total. The lowest BCUT2D eigenvalue weighted by atomic mass is 10.00. The number of aromatic nitrogens is 2. The summed E-state index contributed by atoms with van der Waals surface area (Å²) in [5, 5.41) is 3.51. The van der Waals surface area contributed by atoms with Crippen LogP contribution < -0.4 is 9.75 Å². The Balaban J connectivity index is 1.48. The van der Waals surface area contributed by atoms with E-state index >= 15 is 0 Å². The number of hydrogen-bond donors (Lipinski definition) is 0. The largest absolute Gasteiger partial charge is 0.495 e. The summed E-state index contributed by atoms with van der Waals surface area (Å²) in [7, 11) is 1.65. The molecule has 168 valence electrons. The third-order valence-electron chi connectivity index (χ3n) is 5.80. The molecule has 3 aromatic rings. The molecule has 0 radical (unpaired) electrons. The zero-order valence-electron chi connectivity index (χ0n) is 18.5. The van der Waals surface area contributed by atoms with E-state index in [2.05, 4.69) is 16.1 Å². The molecule has 1 fully saturated rings. The van der Waals surface area contributed by atoms with Crippen LogP contribution in [0.2, 0.25) is 0 Å². The molecule has 0 spiro atoms. The summed E-state index contributed by atoms with van der Waals surface area (Å²) in [5.74, 6) is 1.05. The number of aryl methyl sites for hydroxylation is 1. The monoisotopic (exact) mass is 445 g/mol. The van der Waals surface area contributed by atoms with Crippen LogP contribution in [0.3, 0.4) is 0 Å². The van der Waals surface area contributed by atoms with Crippen LogP contribution in [0.5, 0.6) is 5.75 Å². The highest BCUT2D eigenvalue weighted by Crippen LogP contribution is 2.31. The maximum Gasteiger partial charge on any atom is 0.267 e. The first-order chi connectivity index (χ1) is 16.0. The van der Waals surface area contributed by atoms with Crippen LogP contribution in [0.25, 0.3) is 11.8 Å². The molecule has 0 aliphatic carbocycles. The van der Waals surface area contributed by atoms with Crippen molar-refractivity contribution < 1.29 is 13.9 Å². The standard InChI is InChI=1S/C25H24FN5O2/c1-17-15-29(16-28-17)22-10-5-18(13-23(22)33-2)12-19-4-3-11-30-25(19)27-14-24(32)31(30)21-8-6-20(26)7-9-21/h5-10,12-13,15-16H,3-4,11,14H2,1-2H3/b19-12+. The summed E-state index contributed by atoms with van der Waals surface area (Å²) >= 11 is 0. The first-order valence-electron chi connectivity index (χ1n) is 10.8. The van der Waals surface area contributed by atoms with Gasteiger partial charge in [-0.1, -0.05) is 6.07 Å².